The minimum absolute atomic E-state index is 0.427. The molecule has 1 N–H and O–H groups in total. The largest absolute Gasteiger partial charge is 0.379 e. The van der Waals surface area contributed by atoms with Gasteiger partial charge in [-0.25, -0.2) is 0 Å². The molecule has 1 aromatic rings. The van der Waals surface area contributed by atoms with Crippen LogP contribution in [-0.4, -0.2) is 54.1 Å². The van der Waals surface area contributed by atoms with E-state index in [9.17, 15) is 0 Å². The molecule has 1 aromatic heterocycles. The van der Waals surface area contributed by atoms with E-state index in [1.165, 1.54) is 5.69 Å². The fourth-order valence-electron chi connectivity index (χ4n) is 2.23. The molecule has 1 saturated heterocycles. The SMILES string of the molecule is CC(C)n1nccc1CNCCN1CCOCC1. The Balaban J connectivity index is 1.66. The molecule has 1 aliphatic rings. The fraction of sp³-hybridized carbons (Fsp3) is 0.769. The van der Waals surface area contributed by atoms with Crippen LogP contribution in [0.25, 0.3) is 0 Å². The molecule has 18 heavy (non-hydrogen) atoms. The van der Waals surface area contributed by atoms with Gasteiger partial charge in [0.15, 0.2) is 0 Å². The van der Waals surface area contributed by atoms with Crippen LogP contribution >= 0.6 is 0 Å². The van der Waals surface area contributed by atoms with E-state index in [1.807, 2.05) is 6.20 Å². The highest BCUT2D eigenvalue weighted by molar-refractivity contribution is 5.01. The Kier molecular flexibility index (Phi) is 5.16. The van der Waals surface area contributed by atoms with Crippen molar-refractivity contribution in [1.82, 2.24) is 20.0 Å². The van der Waals surface area contributed by atoms with Crippen LogP contribution in [0, 0.1) is 0 Å². The van der Waals surface area contributed by atoms with Crippen molar-refractivity contribution in [2.24, 2.45) is 0 Å². The van der Waals surface area contributed by atoms with Crippen molar-refractivity contribution in [3.05, 3.63) is 18.0 Å². The average Bonchev–Trinajstić information content (AvgIpc) is 2.84. The monoisotopic (exact) mass is 252 g/mol. The number of nitrogens with zero attached hydrogens (tertiary/aromatic N) is 3. The van der Waals surface area contributed by atoms with Gasteiger partial charge >= 0.3 is 0 Å². The minimum Gasteiger partial charge on any atom is -0.379 e. The van der Waals surface area contributed by atoms with Gasteiger partial charge in [-0.2, -0.15) is 5.10 Å². The summed E-state index contributed by atoms with van der Waals surface area (Å²) in [6.45, 7) is 11.2. The van der Waals surface area contributed by atoms with Crippen LogP contribution in [0.3, 0.4) is 0 Å². The van der Waals surface area contributed by atoms with Gasteiger partial charge in [0.1, 0.15) is 0 Å². The molecule has 0 amide bonds. The number of morpholine rings is 1. The number of aromatic nitrogens is 2. The predicted molar refractivity (Wildman–Crippen MR) is 71.6 cm³/mol. The lowest BCUT2D eigenvalue weighted by molar-refractivity contribution is 0.0384. The van der Waals surface area contributed by atoms with Crippen LogP contribution in [0.15, 0.2) is 12.3 Å². The van der Waals surface area contributed by atoms with Crippen molar-refractivity contribution in [2.75, 3.05) is 39.4 Å². The van der Waals surface area contributed by atoms with E-state index >= 15 is 0 Å². The first kappa shape index (κ1) is 13.5. The Morgan fingerprint density at radius 1 is 1.39 bits per heavy atom. The first-order valence-corrected chi connectivity index (χ1v) is 6.80. The summed E-state index contributed by atoms with van der Waals surface area (Å²) in [4.78, 5) is 2.44. The molecule has 0 saturated carbocycles. The summed E-state index contributed by atoms with van der Waals surface area (Å²) >= 11 is 0. The zero-order valence-electron chi connectivity index (χ0n) is 11.4. The highest BCUT2D eigenvalue weighted by Gasteiger charge is 2.09. The van der Waals surface area contributed by atoms with E-state index < -0.39 is 0 Å². The molecule has 5 heteroatoms. The lowest BCUT2D eigenvalue weighted by Crippen LogP contribution is -2.40. The Labute approximate surface area is 109 Å². The third-order valence-electron chi connectivity index (χ3n) is 3.26. The molecule has 2 rings (SSSR count). The number of hydrogen-bond acceptors (Lipinski definition) is 4. The van der Waals surface area contributed by atoms with E-state index in [1.54, 1.807) is 0 Å². The van der Waals surface area contributed by atoms with E-state index in [2.05, 4.69) is 39.9 Å². The van der Waals surface area contributed by atoms with Gasteiger partial charge in [0.05, 0.1) is 18.9 Å². The second kappa shape index (κ2) is 6.87. The molecule has 102 valence electrons. The summed E-state index contributed by atoms with van der Waals surface area (Å²) in [6, 6.07) is 2.51. The summed E-state index contributed by atoms with van der Waals surface area (Å²) in [5, 5.41) is 7.82. The Morgan fingerprint density at radius 2 is 2.17 bits per heavy atom. The summed E-state index contributed by atoms with van der Waals surface area (Å²) in [5.74, 6) is 0. The van der Waals surface area contributed by atoms with Crippen molar-refractivity contribution in [1.29, 1.82) is 0 Å². The zero-order valence-corrected chi connectivity index (χ0v) is 11.4. The van der Waals surface area contributed by atoms with Gasteiger partial charge in [-0.3, -0.25) is 9.58 Å². The molecule has 5 nitrogen and oxygen atoms in total. The molecule has 0 atom stereocenters. The van der Waals surface area contributed by atoms with Crippen molar-refractivity contribution >= 4 is 0 Å². The van der Waals surface area contributed by atoms with Gasteiger partial charge in [-0.1, -0.05) is 0 Å². The van der Waals surface area contributed by atoms with Gasteiger partial charge in [0.2, 0.25) is 0 Å². The van der Waals surface area contributed by atoms with Crippen LogP contribution in [0.2, 0.25) is 0 Å². The maximum atomic E-state index is 5.33. The molecule has 0 aliphatic carbocycles. The zero-order chi connectivity index (χ0) is 12.8. The number of ether oxygens (including phenoxy) is 1. The quantitative estimate of drug-likeness (QED) is 0.763. The summed E-state index contributed by atoms with van der Waals surface area (Å²) in [6.07, 6.45) is 1.87. The first-order chi connectivity index (χ1) is 8.77. The molecule has 2 heterocycles. The Morgan fingerprint density at radius 3 is 2.89 bits per heavy atom. The standard InChI is InChI=1S/C13H24N4O/c1-12(2)17-13(3-4-15-17)11-14-5-6-16-7-9-18-10-8-16/h3-4,12,14H,5-11H2,1-2H3. The third-order valence-corrected chi connectivity index (χ3v) is 3.26. The van der Waals surface area contributed by atoms with E-state index in [0.717, 1.165) is 45.9 Å². The molecular weight excluding hydrogens is 228 g/mol. The van der Waals surface area contributed by atoms with Gasteiger partial charge in [0.25, 0.3) is 0 Å². The summed E-state index contributed by atoms with van der Waals surface area (Å²) in [5.41, 5.74) is 1.26. The maximum Gasteiger partial charge on any atom is 0.0594 e. The lowest BCUT2D eigenvalue weighted by Gasteiger charge is -2.26. The second-order valence-corrected chi connectivity index (χ2v) is 4.99. The Hall–Kier alpha value is -0.910. The van der Waals surface area contributed by atoms with E-state index in [0.29, 0.717) is 6.04 Å². The molecule has 0 radical (unpaired) electrons. The van der Waals surface area contributed by atoms with E-state index in [-0.39, 0.29) is 0 Å². The lowest BCUT2D eigenvalue weighted by atomic mass is 10.3. The molecule has 0 aromatic carbocycles. The molecule has 1 fully saturated rings. The molecule has 0 unspecified atom stereocenters. The molecule has 0 bridgehead atoms. The third kappa shape index (κ3) is 3.80. The summed E-state index contributed by atoms with van der Waals surface area (Å²) < 4.78 is 7.40. The average molecular weight is 252 g/mol. The molecular formula is C13H24N4O. The highest BCUT2D eigenvalue weighted by Crippen LogP contribution is 2.07. The van der Waals surface area contributed by atoms with Crippen molar-refractivity contribution < 1.29 is 4.74 Å². The minimum atomic E-state index is 0.427. The van der Waals surface area contributed by atoms with Gasteiger partial charge in [-0.05, 0) is 19.9 Å². The smallest absolute Gasteiger partial charge is 0.0594 e. The van der Waals surface area contributed by atoms with Crippen LogP contribution in [-0.2, 0) is 11.3 Å². The topological polar surface area (TPSA) is 42.3 Å². The van der Waals surface area contributed by atoms with Gasteiger partial charge < -0.3 is 10.1 Å². The number of rotatable bonds is 6. The van der Waals surface area contributed by atoms with Gasteiger partial charge in [0, 0.05) is 45.0 Å². The van der Waals surface area contributed by atoms with Gasteiger partial charge in [-0.15, -0.1) is 0 Å². The maximum absolute atomic E-state index is 5.33. The molecule has 0 spiro atoms. The normalized spacial score (nSPS) is 17.5. The number of nitrogens with one attached hydrogen (secondary N) is 1. The van der Waals surface area contributed by atoms with Crippen molar-refractivity contribution in [3.63, 3.8) is 0 Å². The predicted octanol–water partition coefficient (Wildman–Crippen LogP) is 0.886. The van der Waals surface area contributed by atoms with Crippen LogP contribution in [0.1, 0.15) is 25.6 Å². The van der Waals surface area contributed by atoms with Crippen molar-refractivity contribution in [3.8, 4) is 0 Å². The van der Waals surface area contributed by atoms with Crippen LogP contribution < -0.4 is 5.32 Å². The summed E-state index contributed by atoms with van der Waals surface area (Å²) in [7, 11) is 0. The van der Waals surface area contributed by atoms with E-state index in [4.69, 9.17) is 4.74 Å². The Bertz CT molecular complexity index is 345. The fourth-order valence-corrected chi connectivity index (χ4v) is 2.23. The van der Waals surface area contributed by atoms with Crippen LogP contribution in [0.5, 0.6) is 0 Å². The molecule has 1 aliphatic heterocycles. The second-order valence-electron chi connectivity index (χ2n) is 4.99. The van der Waals surface area contributed by atoms with Crippen LogP contribution in [0.4, 0.5) is 0 Å². The first-order valence-electron chi connectivity index (χ1n) is 6.80. The highest BCUT2D eigenvalue weighted by atomic mass is 16.5. The number of hydrogen-bond donors (Lipinski definition) is 1. The van der Waals surface area contributed by atoms with Crippen molar-refractivity contribution in [2.45, 2.75) is 26.4 Å².